The van der Waals surface area contributed by atoms with Gasteiger partial charge in [-0.05, 0) is 30.7 Å². The van der Waals surface area contributed by atoms with E-state index in [4.69, 9.17) is 5.73 Å². The maximum atomic E-state index is 12.3. The lowest BCUT2D eigenvalue weighted by molar-refractivity contribution is 0.749. The lowest BCUT2D eigenvalue weighted by Gasteiger charge is -2.05. The topological polar surface area (TPSA) is 60.9 Å². The molecular weight excluding hydrogens is 258 g/mol. The molecule has 0 atom stereocenters. The van der Waals surface area contributed by atoms with Crippen LogP contribution in [0.5, 0.6) is 0 Å². The monoisotopic (exact) mass is 271 g/mol. The Kier molecular flexibility index (Phi) is 2.83. The van der Waals surface area contributed by atoms with Crippen LogP contribution in [0, 0.1) is 6.92 Å². The zero-order valence-electron chi connectivity index (χ0n) is 10.5. The van der Waals surface area contributed by atoms with Gasteiger partial charge in [0.2, 0.25) is 0 Å². The Morgan fingerprint density at radius 2 is 2.05 bits per heavy atom. The van der Waals surface area contributed by atoms with Crippen LogP contribution in [0.25, 0.3) is 10.2 Å². The fraction of sp³-hybridized carbons (Fsp3) is 0.143. The molecule has 0 radical (unpaired) electrons. The fourth-order valence-corrected chi connectivity index (χ4v) is 2.85. The smallest absolute Gasteiger partial charge is 0.262 e. The third kappa shape index (κ3) is 2.24. The molecule has 0 aliphatic carbocycles. The largest absolute Gasteiger partial charge is 0.399 e. The molecule has 0 amide bonds. The first-order valence-corrected chi connectivity index (χ1v) is 6.75. The van der Waals surface area contributed by atoms with Crippen LogP contribution in [-0.4, -0.2) is 9.55 Å². The zero-order chi connectivity index (χ0) is 13.4. The summed E-state index contributed by atoms with van der Waals surface area (Å²) in [5.41, 5.74) is 7.41. The molecule has 19 heavy (non-hydrogen) atoms. The summed E-state index contributed by atoms with van der Waals surface area (Å²) >= 11 is 1.54. The van der Waals surface area contributed by atoms with E-state index in [1.165, 1.54) is 0 Å². The molecule has 0 fully saturated rings. The van der Waals surface area contributed by atoms with Crippen LogP contribution in [0.2, 0.25) is 0 Å². The average Bonchev–Trinajstić information content (AvgIpc) is 2.77. The minimum Gasteiger partial charge on any atom is -0.399 e. The van der Waals surface area contributed by atoms with Gasteiger partial charge in [-0.15, -0.1) is 11.3 Å². The Morgan fingerprint density at radius 1 is 1.32 bits per heavy atom. The normalized spacial score (nSPS) is 11.0. The predicted octanol–water partition coefficient (Wildman–Crippen LogP) is 2.40. The number of nitrogens with two attached hydrogens (primary N) is 1. The number of aromatic nitrogens is 2. The number of thiophene rings is 1. The summed E-state index contributed by atoms with van der Waals surface area (Å²) in [4.78, 5) is 18.6. The highest BCUT2D eigenvalue weighted by Crippen LogP contribution is 2.19. The van der Waals surface area contributed by atoms with Gasteiger partial charge in [0.25, 0.3) is 5.56 Å². The molecule has 0 unspecified atom stereocenters. The molecule has 4 nitrogen and oxygen atoms in total. The van der Waals surface area contributed by atoms with Crippen molar-refractivity contribution < 1.29 is 0 Å². The number of anilines is 1. The Balaban J connectivity index is 2.03. The van der Waals surface area contributed by atoms with Crippen molar-refractivity contribution in [2.24, 2.45) is 0 Å². The third-order valence-corrected chi connectivity index (χ3v) is 3.93. The van der Waals surface area contributed by atoms with Crippen LogP contribution in [0.4, 0.5) is 5.69 Å². The van der Waals surface area contributed by atoms with E-state index in [0.717, 1.165) is 21.0 Å². The quantitative estimate of drug-likeness (QED) is 0.728. The van der Waals surface area contributed by atoms with E-state index in [-0.39, 0.29) is 5.56 Å². The number of rotatable bonds is 2. The summed E-state index contributed by atoms with van der Waals surface area (Å²) in [5.74, 6) is 0. The molecule has 3 aromatic rings. The first-order chi connectivity index (χ1) is 9.13. The van der Waals surface area contributed by atoms with Crippen LogP contribution in [-0.2, 0) is 6.54 Å². The van der Waals surface area contributed by atoms with E-state index in [1.54, 1.807) is 22.2 Å². The molecule has 96 valence electrons. The SMILES string of the molecule is Cc1cc2c(=O)n(Cc3ccc(N)cc3)cnc2s1. The van der Waals surface area contributed by atoms with Gasteiger partial charge in [-0.25, -0.2) is 4.98 Å². The van der Waals surface area contributed by atoms with Crippen molar-refractivity contribution >= 4 is 27.2 Å². The van der Waals surface area contributed by atoms with Crippen LogP contribution in [0.1, 0.15) is 10.4 Å². The highest BCUT2D eigenvalue weighted by Gasteiger charge is 2.07. The zero-order valence-corrected chi connectivity index (χ0v) is 11.3. The molecule has 0 bridgehead atoms. The molecule has 1 aromatic carbocycles. The number of aryl methyl sites for hydroxylation is 1. The second-order valence-corrected chi connectivity index (χ2v) is 5.73. The van der Waals surface area contributed by atoms with Gasteiger partial charge in [-0.3, -0.25) is 9.36 Å². The minimum atomic E-state index is 0.00572. The van der Waals surface area contributed by atoms with E-state index in [0.29, 0.717) is 11.9 Å². The summed E-state index contributed by atoms with van der Waals surface area (Å²) in [5, 5.41) is 0.695. The van der Waals surface area contributed by atoms with Crippen molar-refractivity contribution in [1.29, 1.82) is 0 Å². The lowest BCUT2D eigenvalue weighted by Crippen LogP contribution is -2.20. The van der Waals surface area contributed by atoms with Crippen LogP contribution < -0.4 is 11.3 Å². The third-order valence-electron chi connectivity index (χ3n) is 2.97. The first-order valence-electron chi connectivity index (χ1n) is 5.93. The van der Waals surface area contributed by atoms with Gasteiger partial charge >= 0.3 is 0 Å². The molecule has 2 N–H and O–H groups in total. The summed E-state index contributed by atoms with van der Waals surface area (Å²) in [6, 6.07) is 9.41. The van der Waals surface area contributed by atoms with Crippen molar-refractivity contribution in [3.63, 3.8) is 0 Å². The second kappa shape index (κ2) is 4.51. The summed E-state index contributed by atoms with van der Waals surface area (Å²) in [7, 11) is 0. The Labute approximate surface area is 114 Å². The molecular formula is C14H13N3OS. The molecule has 0 saturated heterocycles. The first kappa shape index (κ1) is 11.9. The lowest BCUT2D eigenvalue weighted by atomic mass is 10.2. The van der Waals surface area contributed by atoms with Crippen LogP contribution >= 0.6 is 11.3 Å². The summed E-state index contributed by atoms with van der Waals surface area (Å²) < 4.78 is 1.63. The summed E-state index contributed by atoms with van der Waals surface area (Å²) in [6.45, 7) is 2.49. The van der Waals surface area contributed by atoms with Gasteiger partial charge in [0.1, 0.15) is 4.83 Å². The summed E-state index contributed by atoms with van der Waals surface area (Å²) in [6.07, 6.45) is 1.61. The van der Waals surface area contributed by atoms with E-state index in [9.17, 15) is 4.79 Å². The molecule has 0 aliphatic rings. The molecule has 0 spiro atoms. The van der Waals surface area contributed by atoms with Gasteiger partial charge in [0.15, 0.2) is 0 Å². The standard InChI is InChI=1S/C14H13N3OS/c1-9-6-12-13(19-9)16-8-17(14(12)18)7-10-2-4-11(15)5-3-10/h2-6,8H,7,15H2,1H3. The fourth-order valence-electron chi connectivity index (χ4n) is 2.01. The number of hydrogen-bond donors (Lipinski definition) is 1. The maximum absolute atomic E-state index is 12.3. The van der Waals surface area contributed by atoms with E-state index >= 15 is 0 Å². The number of hydrogen-bond acceptors (Lipinski definition) is 4. The van der Waals surface area contributed by atoms with Crippen molar-refractivity contribution in [3.05, 3.63) is 57.5 Å². The Morgan fingerprint density at radius 3 is 2.79 bits per heavy atom. The van der Waals surface area contributed by atoms with E-state index in [2.05, 4.69) is 4.98 Å². The van der Waals surface area contributed by atoms with Crippen LogP contribution in [0.3, 0.4) is 0 Å². The van der Waals surface area contributed by atoms with Gasteiger partial charge in [-0.1, -0.05) is 12.1 Å². The molecule has 2 aromatic heterocycles. The predicted molar refractivity (Wildman–Crippen MR) is 78.6 cm³/mol. The number of nitrogen functional groups attached to an aromatic ring is 1. The maximum Gasteiger partial charge on any atom is 0.262 e. The minimum absolute atomic E-state index is 0.00572. The Bertz CT molecular complexity index is 787. The van der Waals surface area contributed by atoms with Crippen LogP contribution in [0.15, 0.2) is 41.5 Å². The molecule has 0 aliphatic heterocycles. The van der Waals surface area contributed by atoms with Gasteiger partial charge in [-0.2, -0.15) is 0 Å². The van der Waals surface area contributed by atoms with Crippen molar-refractivity contribution in [3.8, 4) is 0 Å². The molecule has 0 saturated carbocycles. The molecule has 5 heteroatoms. The molecule has 3 rings (SSSR count). The van der Waals surface area contributed by atoms with Gasteiger partial charge < -0.3 is 5.73 Å². The van der Waals surface area contributed by atoms with Gasteiger partial charge in [0, 0.05) is 10.6 Å². The highest BCUT2D eigenvalue weighted by atomic mass is 32.1. The highest BCUT2D eigenvalue weighted by molar-refractivity contribution is 7.18. The number of nitrogens with zero attached hydrogens (tertiary/aromatic N) is 2. The van der Waals surface area contributed by atoms with E-state index < -0.39 is 0 Å². The van der Waals surface area contributed by atoms with Gasteiger partial charge in [0.05, 0.1) is 18.3 Å². The van der Waals surface area contributed by atoms with Crippen molar-refractivity contribution in [2.45, 2.75) is 13.5 Å². The molecule has 2 heterocycles. The number of fused-ring (bicyclic) bond motifs is 1. The second-order valence-electron chi connectivity index (χ2n) is 4.50. The van der Waals surface area contributed by atoms with Crippen molar-refractivity contribution in [2.75, 3.05) is 5.73 Å². The Hall–Kier alpha value is -2.14. The average molecular weight is 271 g/mol. The van der Waals surface area contributed by atoms with Crippen molar-refractivity contribution in [1.82, 2.24) is 9.55 Å². The van der Waals surface area contributed by atoms with E-state index in [1.807, 2.05) is 37.3 Å². The number of benzene rings is 1.